The van der Waals surface area contributed by atoms with Crippen molar-refractivity contribution in [1.29, 1.82) is 0 Å². The molecule has 0 unspecified atom stereocenters. The normalized spacial score (nSPS) is 19.6. The van der Waals surface area contributed by atoms with Gasteiger partial charge in [-0.25, -0.2) is 0 Å². The van der Waals surface area contributed by atoms with Crippen LogP contribution in [0, 0.1) is 0 Å². The fourth-order valence-electron chi connectivity index (χ4n) is 7.88. The van der Waals surface area contributed by atoms with E-state index in [4.69, 9.17) is 23.2 Å². The minimum absolute atomic E-state index is 0.150. The average molecular weight is 672 g/mol. The molecule has 0 N–H and O–H groups in total. The van der Waals surface area contributed by atoms with Gasteiger partial charge in [0, 0.05) is 63.0 Å². The van der Waals surface area contributed by atoms with Gasteiger partial charge in [0.05, 0.1) is 11.1 Å². The largest absolute Gasteiger partial charge is 0.347 e. The minimum atomic E-state index is -0.150. The average Bonchev–Trinajstić information content (AvgIpc) is 3.61. The summed E-state index contributed by atoms with van der Waals surface area (Å²) in [5.74, 6) is 0. The van der Waals surface area contributed by atoms with Crippen LogP contribution in [0.3, 0.4) is 0 Å². The van der Waals surface area contributed by atoms with Crippen LogP contribution in [0.2, 0.25) is 10.0 Å². The van der Waals surface area contributed by atoms with Crippen LogP contribution in [0.5, 0.6) is 0 Å². The van der Waals surface area contributed by atoms with Gasteiger partial charge in [-0.05, 0) is 98.0 Å². The lowest BCUT2D eigenvalue weighted by atomic mass is 9.81. The molecule has 3 nitrogen and oxygen atoms in total. The molecule has 0 spiro atoms. The van der Waals surface area contributed by atoms with Gasteiger partial charge in [-0.3, -0.25) is 0 Å². The molecule has 0 saturated carbocycles. The van der Waals surface area contributed by atoms with E-state index in [1.807, 2.05) is 12.1 Å². The van der Waals surface area contributed by atoms with E-state index in [1.54, 1.807) is 0 Å². The third-order valence-electron chi connectivity index (χ3n) is 10.4. The van der Waals surface area contributed by atoms with Gasteiger partial charge in [-0.15, -0.1) is 0 Å². The van der Waals surface area contributed by atoms with E-state index in [0.29, 0.717) is 0 Å². The Kier molecular flexibility index (Phi) is 8.26. The first-order chi connectivity index (χ1) is 23.0. The predicted octanol–water partition coefficient (Wildman–Crippen LogP) is 11.7. The number of hydrogen-bond acceptors (Lipinski definition) is 2. The fourth-order valence-corrected chi connectivity index (χ4v) is 8.21. The summed E-state index contributed by atoms with van der Waals surface area (Å²) in [7, 11) is 4.30. The summed E-state index contributed by atoms with van der Waals surface area (Å²) in [6.45, 7) is 9.20. The summed E-state index contributed by atoms with van der Waals surface area (Å²) in [5.41, 5.74) is 13.3. The number of fused-ring (bicyclic) bond motifs is 2. The molecule has 242 valence electrons. The molecule has 5 heteroatoms. The molecule has 4 aromatic rings. The minimum Gasteiger partial charge on any atom is -0.347 e. The fraction of sp³-hybridized carbons (Fsp3) is 0.233. The molecule has 0 bridgehead atoms. The van der Waals surface area contributed by atoms with Gasteiger partial charge in [-0.1, -0.05) is 91.7 Å². The van der Waals surface area contributed by atoms with Gasteiger partial charge < -0.3 is 9.80 Å². The van der Waals surface area contributed by atoms with Crippen molar-refractivity contribution >= 4 is 51.7 Å². The number of benzene rings is 4. The Labute approximate surface area is 295 Å². The van der Waals surface area contributed by atoms with E-state index in [-0.39, 0.29) is 10.8 Å². The maximum atomic E-state index is 6.45. The maximum absolute atomic E-state index is 6.45. The number of allylic oxidation sites excluding steroid dienone is 7. The maximum Gasteiger partial charge on any atom is 0.211 e. The predicted molar refractivity (Wildman–Crippen MR) is 205 cm³/mol. The van der Waals surface area contributed by atoms with Crippen LogP contribution in [-0.2, 0) is 10.8 Å². The van der Waals surface area contributed by atoms with Gasteiger partial charge >= 0.3 is 0 Å². The summed E-state index contributed by atoms with van der Waals surface area (Å²) in [5, 5.41) is 1.52. The second-order valence-electron chi connectivity index (χ2n) is 14.0. The Bertz CT molecular complexity index is 2020. The molecule has 0 aromatic heterocycles. The Balaban J connectivity index is 1.38. The molecule has 0 atom stereocenters. The van der Waals surface area contributed by atoms with Crippen molar-refractivity contribution in [3.63, 3.8) is 0 Å². The number of rotatable bonds is 6. The first-order valence-corrected chi connectivity index (χ1v) is 17.4. The molecule has 4 aromatic carbocycles. The number of para-hydroxylation sites is 2. The summed E-state index contributed by atoms with van der Waals surface area (Å²) >= 11 is 12.9. The first-order valence-electron chi connectivity index (χ1n) is 16.7. The van der Waals surface area contributed by atoms with Crippen LogP contribution in [0.1, 0.15) is 51.7 Å². The topological polar surface area (TPSA) is 9.49 Å². The molecular weight excluding hydrogens is 629 g/mol. The van der Waals surface area contributed by atoms with E-state index in [9.17, 15) is 0 Å². The van der Waals surface area contributed by atoms with Crippen molar-refractivity contribution in [2.24, 2.45) is 0 Å². The van der Waals surface area contributed by atoms with Crippen molar-refractivity contribution in [2.75, 3.05) is 23.9 Å². The highest BCUT2D eigenvalue weighted by atomic mass is 35.5. The lowest BCUT2D eigenvalue weighted by molar-refractivity contribution is -0.401. The van der Waals surface area contributed by atoms with Gasteiger partial charge in [0.1, 0.15) is 7.05 Å². The summed E-state index contributed by atoms with van der Waals surface area (Å²) in [6.07, 6.45) is 11.3. The first kappa shape index (κ1) is 32.2. The molecule has 0 saturated heterocycles. The van der Waals surface area contributed by atoms with Gasteiger partial charge in [-0.2, -0.15) is 4.58 Å². The molecule has 48 heavy (non-hydrogen) atoms. The van der Waals surface area contributed by atoms with Crippen LogP contribution < -0.4 is 9.80 Å². The SMILES string of the molecule is CN1/C(=C/C=C2\CCC(/C=C/C3=[N+](C)c4cc(Cl)ccc4C3(C)C)=C2N(c2ccccc2)c2ccccc2)C(C)(C)c2ccc(Cl)cc21. The van der Waals surface area contributed by atoms with Gasteiger partial charge in [0.25, 0.3) is 0 Å². The van der Waals surface area contributed by atoms with Crippen LogP contribution in [0.25, 0.3) is 0 Å². The molecular formula is C43H42Cl2N3+. The molecule has 0 radical (unpaired) electrons. The van der Waals surface area contributed by atoms with Crippen LogP contribution in [-0.4, -0.2) is 24.4 Å². The zero-order chi connectivity index (χ0) is 33.8. The summed E-state index contributed by atoms with van der Waals surface area (Å²) in [6, 6.07) is 33.9. The van der Waals surface area contributed by atoms with Crippen molar-refractivity contribution < 1.29 is 4.58 Å². The molecule has 7 rings (SSSR count). The van der Waals surface area contributed by atoms with Gasteiger partial charge in [0.15, 0.2) is 5.71 Å². The monoisotopic (exact) mass is 670 g/mol. The van der Waals surface area contributed by atoms with Crippen LogP contribution >= 0.6 is 23.2 Å². The highest BCUT2D eigenvalue weighted by molar-refractivity contribution is 6.31. The summed E-state index contributed by atoms with van der Waals surface area (Å²) in [4.78, 5) is 4.72. The van der Waals surface area contributed by atoms with Crippen molar-refractivity contribution in [3.8, 4) is 0 Å². The van der Waals surface area contributed by atoms with Crippen LogP contribution in [0.4, 0.5) is 22.7 Å². The van der Waals surface area contributed by atoms with Crippen molar-refractivity contribution in [3.05, 3.63) is 165 Å². The third-order valence-corrected chi connectivity index (χ3v) is 10.9. The Hall–Kier alpha value is -4.31. The smallest absolute Gasteiger partial charge is 0.211 e. The molecule has 1 aliphatic carbocycles. The quantitative estimate of drug-likeness (QED) is 0.189. The zero-order valence-corrected chi connectivity index (χ0v) is 30.1. The highest BCUT2D eigenvalue weighted by Gasteiger charge is 2.43. The Morgan fingerprint density at radius 2 is 1.31 bits per heavy atom. The zero-order valence-electron chi connectivity index (χ0n) is 28.6. The standard InChI is InChI=1S/C43H42Cl2N3/c1-42(2)35-23-21-31(44)27-37(35)46(5)39(42)25-19-29-17-18-30(20-26-40-43(3,4)36-24-22-32(45)28-38(36)47(40)6)41(29)48(33-13-9-7-10-14-33)34-15-11-8-12-16-34/h7-16,19-28H,17-18H2,1-6H3/q+1. The second kappa shape index (κ2) is 12.3. The highest BCUT2D eigenvalue weighted by Crippen LogP contribution is 2.49. The van der Waals surface area contributed by atoms with E-state index < -0.39 is 0 Å². The molecule has 0 fully saturated rings. The molecule has 3 aliphatic rings. The van der Waals surface area contributed by atoms with E-state index in [2.05, 4.69) is 165 Å². The van der Waals surface area contributed by atoms with Crippen molar-refractivity contribution in [1.82, 2.24) is 0 Å². The number of hydrogen-bond donors (Lipinski definition) is 0. The van der Waals surface area contributed by atoms with Crippen LogP contribution in [0.15, 0.2) is 144 Å². The van der Waals surface area contributed by atoms with Crippen molar-refractivity contribution in [2.45, 2.75) is 51.4 Å². The molecule has 2 heterocycles. The van der Waals surface area contributed by atoms with E-state index >= 15 is 0 Å². The summed E-state index contributed by atoms with van der Waals surface area (Å²) < 4.78 is 2.29. The van der Waals surface area contributed by atoms with Gasteiger partial charge in [0.2, 0.25) is 5.69 Å². The third kappa shape index (κ3) is 5.44. The van der Waals surface area contributed by atoms with E-state index in [1.165, 1.54) is 50.8 Å². The number of nitrogens with zero attached hydrogens (tertiary/aromatic N) is 3. The Morgan fingerprint density at radius 1 is 0.708 bits per heavy atom. The lowest BCUT2D eigenvalue weighted by Crippen LogP contribution is -2.26. The lowest BCUT2D eigenvalue weighted by Gasteiger charge is -2.29. The second-order valence-corrected chi connectivity index (χ2v) is 14.9. The number of halogens is 2. The number of likely N-dealkylation sites (N-methyl/N-ethyl adjacent to an activating group) is 1. The number of anilines is 3. The van der Waals surface area contributed by atoms with E-state index in [0.717, 1.165) is 34.3 Å². The molecule has 2 aliphatic heterocycles. The Morgan fingerprint density at radius 3 is 1.96 bits per heavy atom. The molecule has 0 amide bonds.